The van der Waals surface area contributed by atoms with E-state index in [0.717, 1.165) is 64.2 Å². The zero-order valence-corrected chi connectivity index (χ0v) is 49.4. The maximum absolute atomic E-state index is 12.8. The van der Waals surface area contributed by atoms with E-state index in [4.69, 9.17) is 14.2 Å². The third-order valence-electron chi connectivity index (χ3n) is 15.0. The van der Waals surface area contributed by atoms with E-state index in [1.807, 2.05) is 0 Å². The van der Waals surface area contributed by atoms with Gasteiger partial charge in [-0.25, -0.2) is 0 Å². The minimum atomic E-state index is -0.768. The molecule has 0 saturated carbocycles. The van der Waals surface area contributed by atoms with Crippen molar-refractivity contribution in [3.63, 3.8) is 0 Å². The number of unbranched alkanes of at least 4 members (excludes halogenated alkanes) is 46. The minimum absolute atomic E-state index is 0.0682. The zero-order chi connectivity index (χ0) is 52.9. The summed E-state index contributed by atoms with van der Waals surface area (Å²) in [6.07, 6.45) is 75.3. The molecule has 0 aliphatic rings. The monoisotopic (exact) mass is 1030 g/mol. The molecule has 0 amide bonds. The lowest BCUT2D eigenvalue weighted by Crippen LogP contribution is -2.30. The molecule has 0 aromatic rings. The highest BCUT2D eigenvalue weighted by Gasteiger charge is 2.19. The van der Waals surface area contributed by atoms with Crippen molar-refractivity contribution in [3.8, 4) is 0 Å². The first kappa shape index (κ1) is 70.9. The number of ether oxygens (including phenoxy) is 3. The molecule has 1 unspecified atom stereocenters. The fourth-order valence-electron chi connectivity index (χ4n) is 10.0. The van der Waals surface area contributed by atoms with Gasteiger partial charge >= 0.3 is 17.9 Å². The third kappa shape index (κ3) is 60.6. The summed E-state index contributed by atoms with van der Waals surface area (Å²) in [6, 6.07) is 0. The summed E-state index contributed by atoms with van der Waals surface area (Å²) in [5.41, 5.74) is 0. The van der Waals surface area contributed by atoms with Crippen LogP contribution in [0.15, 0.2) is 24.3 Å². The van der Waals surface area contributed by atoms with Crippen LogP contribution >= 0.6 is 0 Å². The maximum Gasteiger partial charge on any atom is 0.306 e. The van der Waals surface area contributed by atoms with Crippen LogP contribution in [0.2, 0.25) is 0 Å². The molecular formula is C67H126O6. The van der Waals surface area contributed by atoms with Crippen LogP contribution in [-0.2, 0) is 28.6 Å². The largest absolute Gasteiger partial charge is 0.462 e. The van der Waals surface area contributed by atoms with Crippen molar-refractivity contribution in [2.24, 2.45) is 0 Å². The van der Waals surface area contributed by atoms with Crippen molar-refractivity contribution in [1.82, 2.24) is 0 Å². The predicted octanol–water partition coefficient (Wildman–Crippen LogP) is 22.2. The van der Waals surface area contributed by atoms with E-state index in [2.05, 4.69) is 45.1 Å². The Kier molecular flexibility index (Phi) is 60.6. The summed E-state index contributed by atoms with van der Waals surface area (Å²) in [5, 5.41) is 0. The Hall–Kier alpha value is -2.11. The van der Waals surface area contributed by atoms with Crippen LogP contribution in [0.5, 0.6) is 0 Å². The molecule has 0 N–H and O–H groups in total. The van der Waals surface area contributed by atoms with Gasteiger partial charge in [0.2, 0.25) is 0 Å². The number of hydrogen-bond donors (Lipinski definition) is 0. The van der Waals surface area contributed by atoms with Gasteiger partial charge in [0.1, 0.15) is 13.2 Å². The lowest BCUT2D eigenvalue weighted by molar-refractivity contribution is -0.167. The van der Waals surface area contributed by atoms with Crippen LogP contribution in [0.3, 0.4) is 0 Å². The highest BCUT2D eigenvalue weighted by atomic mass is 16.6. The summed E-state index contributed by atoms with van der Waals surface area (Å²) in [7, 11) is 0. The highest BCUT2D eigenvalue weighted by molar-refractivity contribution is 5.71. The van der Waals surface area contributed by atoms with Crippen LogP contribution < -0.4 is 0 Å². The zero-order valence-electron chi connectivity index (χ0n) is 49.4. The van der Waals surface area contributed by atoms with Gasteiger partial charge in [0.05, 0.1) is 0 Å². The molecule has 0 spiro atoms. The van der Waals surface area contributed by atoms with Gasteiger partial charge in [-0.05, 0) is 51.4 Å². The molecule has 0 rings (SSSR count). The Morgan fingerprint density at radius 1 is 0.274 bits per heavy atom. The number of carbonyl (C=O) groups excluding carboxylic acids is 3. The molecule has 1 atom stereocenters. The molecular weight excluding hydrogens is 901 g/mol. The Morgan fingerprint density at radius 2 is 0.493 bits per heavy atom. The smallest absolute Gasteiger partial charge is 0.306 e. The first-order valence-corrected chi connectivity index (χ1v) is 32.8. The van der Waals surface area contributed by atoms with E-state index < -0.39 is 6.10 Å². The summed E-state index contributed by atoms with van der Waals surface area (Å²) in [4.78, 5) is 38.0. The molecule has 0 aromatic heterocycles. The van der Waals surface area contributed by atoms with Crippen LogP contribution in [0.4, 0.5) is 0 Å². The van der Waals surface area contributed by atoms with E-state index in [1.54, 1.807) is 0 Å². The normalized spacial score (nSPS) is 12.1. The van der Waals surface area contributed by atoms with Gasteiger partial charge in [-0.3, -0.25) is 14.4 Å². The minimum Gasteiger partial charge on any atom is -0.462 e. The van der Waals surface area contributed by atoms with Crippen molar-refractivity contribution in [3.05, 3.63) is 24.3 Å². The summed E-state index contributed by atoms with van der Waals surface area (Å²) in [5.74, 6) is -0.860. The van der Waals surface area contributed by atoms with E-state index in [0.29, 0.717) is 19.3 Å². The number of esters is 3. The maximum atomic E-state index is 12.8. The van der Waals surface area contributed by atoms with Gasteiger partial charge < -0.3 is 14.2 Å². The third-order valence-corrected chi connectivity index (χ3v) is 15.0. The Labute approximate surface area is 455 Å². The quantitative estimate of drug-likeness (QED) is 0.0261. The van der Waals surface area contributed by atoms with Gasteiger partial charge in [0.25, 0.3) is 0 Å². The highest BCUT2D eigenvalue weighted by Crippen LogP contribution is 2.18. The van der Waals surface area contributed by atoms with Crippen LogP contribution in [0.25, 0.3) is 0 Å². The van der Waals surface area contributed by atoms with E-state index >= 15 is 0 Å². The van der Waals surface area contributed by atoms with Gasteiger partial charge in [-0.15, -0.1) is 0 Å². The lowest BCUT2D eigenvalue weighted by Gasteiger charge is -2.18. The van der Waals surface area contributed by atoms with Gasteiger partial charge in [0, 0.05) is 19.3 Å². The topological polar surface area (TPSA) is 78.9 Å². The van der Waals surface area contributed by atoms with Crippen LogP contribution in [0, 0.1) is 0 Å². The van der Waals surface area contributed by atoms with Crippen molar-refractivity contribution >= 4 is 17.9 Å². The summed E-state index contributed by atoms with van der Waals surface area (Å²) < 4.78 is 16.8. The predicted molar refractivity (Wildman–Crippen MR) is 316 cm³/mol. The molecule has 6 nitrogen and oxygen atoms in total. The average molecular weight is 1030 g/mol. The standard InChI is InChI=1S/C67H126O6/c1-4-7-10-13-16-18-20-22-24-26-28-29-30-31-32-33-34-35-36-37-38-40-41-43-45-47-49-51-54-57-60-66(69)72-63-64(62-71-65(68)59-56-53-15-12-9-6-3)73-67(70)61-58-55-52-50-48-46-44-42-39-27-25-23-21-19-17-14-11-8-5-2/h17,19,23,25,64H,4-16,18,20-22,24,26-63H2,1-3H3/b19-17-,25-23-. The Bertz CT molecular complexity index is 1180. The van der Waals surface area contributed by atoms with E-state index in [-0.39, 0.29) is 31.1 Å². The Morgan fingerprint density at radius 3 is 0.781 bits per heavy atom. The molecule has 0 saturated heterocycles. The number of allylic oxidation sites excluding steroid dienone is 4. The molecule has 0 aliphatic carbocycles. The second-order valence-electron chi connectivity index (χ2n) is 22.4. The summed E-state index contributed by atoms with van der Waals surface area (Å²) in [6.45, 7) is 6.61. The van der Waals surface area contributed by atoms with Crippen molar-refractivity contribution in [1.29, 1.82) is 0 Å². The van der Waals surface area contributed by atoms with Crippen LogP contribution in [-0.4, -0.2) is 37.2 Å². The van der Waals surface area contributed by atoms with Gasteiger partial charge in [-0.2, -0.15) is 0 Å². The second kappa shape index (κ2) is 62.4. The van der Waals surface area contributed by atoms with Gasteiger partial charge in [-0.1, -0.05) is 321 Å². The van der Waals surface area contributed by atoms with Crippen molar-refractivity contribution < 1.29 is 28.6 Å². The van der Waals surface area contributed by atoms with E-state index in [1.165, 1.54) is 263 Å². The molecule has 0 heterocycles. The molecule has 0 fully saturated rings. The molecule has 430 valence electrons. The number of carbonyl (C=O) groups is 3. The average Bonchev–Trinajstić information content (AvgIpc) is 3.39. The van der Waals surface area contributed by atoms with E-state index in [9.17, 15) is 14.4 Å². The van der Waals surface area contributed by atoms with Crippen molar-refractivity contribution in [2.45, 2.75) is 374 Å². The molecule has 0 aromatic carbocycles. The number of hydrogen-bond acceptors (Lipinski definition) is 6. The second-order valence-corrected chi connectivity index (χ2v) is 22.4. The molecule has 0 bridgehead atoms. The summed E-state index contributed by atoms with van der Waals surface area (Å²) >= 11 is 0. The first-order valence-electron chi connectivity index (χ1n) is 32.8. The van der Waals surface area contributed by atoms with Crippen molar-refractivity contribution in [2.75, 3.05) is 13.2 Å². The molecule has 6 heteroatoms. The first-order chi connectivity index (χ1) is 36.0. The van der Waals surface area contributed by atoms with Gasteiger partial charge in [0.15, 0.2) is 6.10 Å². The molecule has 0 radical (unpaired) electrons. The van der Waals surface area contributed by atoms with Crippen LogP contribution in [0.1, 0.15) is 367 Å². The Balaban J connectivity index is 3.96. The number of rotatable bonds is 61. The molecule has 73 heavy (non-hydrogen) atoms. The SMILES string of the molecule is CCCCC/C=C\C/C=C\CCCCCCCCCCCC(=O)OC(COC(=O)CCCCCCCC)COC(=O)CCCCCCCCCCCCCCCCCCCCCCCCCCCCCCCC. The molecule has 0 aliphatic heterocycles. The fourth-order valence-corrected chi connectivity index (χ4v) is 10.0. The lowest BCUT2D eigenvalue weighted by atomic mass is 10.0. The fraction of sp³-hybridized carbons (Fsp3) is 0.896.